The molecule has 2 aromatic carbocycles. The Morgan fingerprint density at radius 3 is 2.27 bits per heavy atom. The van der Waals surface area contributed by atoms with Crippen molar-refractivity contribution in [3.63, 3.8) is 0 Å². The molecular weight excluding hydrogens is 374 g/mol. The molecule has 0 amide bonds. The van der Waals surface area contributed by atoms with Crippen LogP contribution in [0.4, 0.5) is 0 Å². The number of rotatable bonds is 10. The average molecular weight is 404 g/mol. The van der Waals surface area contributed by atoms with Gasteiger partial charge in [0.05, 0.1) is 11.6 Å². The minimum Gasteiger partial charge on any atom is -0.487 e. The standard InChI is InChI=1S/C26H29NO3/c1-3-4-5-6-7-8-24(25-17-19(2)26(28)30-25)29-23-15-13-22(14-16-23)21-11-9-20(18-27)10-12-21/h9-16,24-25H,2-8,17H2,1H3. The first-order valence-electron chi connectivity index (χ1n) is 10.8. The third-order valence-electron chi connectivity index (χ3n) is 5.49. The molecule has 4 nitrogen and oxygen atoms in total. The number of ether oxygens (including phenoxy) is 2. The molecule has 0 aliphatic carbocycles. The van der Waals surface area contributed by atoms with Crippen LogP contribution in [-0.4, -0.2) is 18.2 Å². The van der Waals surface area contributed by atoms with Crippen LogP contribution < -0.4 is 4.74 Å². The third-order valence-corrected chi connectivity index (χ3v) is 5.49. The van der Waals surface area contributed by atoms with Gasteiger partial charge in [-0.2, -0.15) is 5.26 Å². The van der Waals surface area contributed by atoms with Crippen LogP contribution >= 0.6 is 0 Å². The average Bonchev–Trinajstić information content (AvgIpc) is 3.11. The van der Waals surface area contributed by atoms with Crippen LogP contribution in [-0.2, 0) is 9.53 Å². The van der Waals surface area contributed by atoms with Gasteiger partial charge >= 0.3 is 5.97 Å². The van der Waals surface area contributed by atoms with E-state index in [1.807, 2.05) is 48.5 Å². The summed E-state index contributed by atoms with van der Waals surface area (Å²) in [7, 11) is 0. The molecule has 0 spiro atoms. The van der Waals surface area contributed by atoms with Crippen LogP contribution in [0.5, 0.6) is 5.75 Å². The summed E-state index contributed by atoms with van der Waals surface area (Å²) in [6, 6.07) is 17.6. The van der Waals surface area contributed by atoms with Gasteiger partial charge in [-0.25, -0.2) is 4.79 Å². The number of esters is 1. The monoisotopic (exact) mass is 403 g/mol. The Labute approximate surface area is 179 Å². The second kappa shape index (κ2) is 10.6. The maximum absolute atomic E-state index is 11.8. The highest BCUT2D eigenvalue weighted by Gasteiger charge is 2.35. The molecule has 30 heavy (non-hydrogen) atoms. The van der Waals surface area contributed by atoms with E-state index in [-0.39, 0.29) is 18.2 Å². The summed E-state index contributed by atoms with van der Waals surface area (Å²) >= 11 is 0. The van der Waals surface area contributed by atoms with Crippen molar-refractivity contribution >= 4 is 5.97 Å². The van der Waals surface area contributed by atoms with Crippen LogP contribution in [0.3, 0.4) is 0 Å². The molecule has 4 heteroatoms. The fourth-order valence-electron chi connectivity index (χ4n) is 3.70. The van der Waals surface area contributed by atoms with E-state index >= 15 is 0 Å². The molecule has 1 aliphatic heterocycles. The first-order valence-corrected chi connectivity index (χ1v) is 10.8. The molecule has 0 saturated carbocycles. The first-order chi connectivity index (χ1) is 14.6. The van der Waals surface area contributed by atoms with Crippen molar-refractivity contribution in [2.75, 3.05) is 0 Å². The number of nitrogens with zero attached hydrogens (tertiary/aromatic N) is 1. The minimum absolute atomic E-state index is 0.171. The highest BCUT2D eigenvalue weighted by Crippen LogP contribution is 2.29. The van der Waals surface area contributed by atoms with Gasteiger partial charge in [-0.15, -0.1) is 0 Å². The van der Waals surface area contributed by atoms with Crippen molar-refractivity contribution in [1.29, 1.82) is 5.26 Å². The van der Waals surface area contributed by atoms with Gasteiger partial charge in [-0.05, 0) is 48.2 Å². The summed E-state index contributed by atoms with van der Waals surface area (Å²) in [6.07, 6.45) is 6.84. The van der Waals surface area contributed by atoms with Gasteiger partial charge in [0.2, 0.25) is 0 Å². The maximum Gasteiger partial charge on any atom is 0.333 e. The Hall–Kier alpha value is -3.06. The van der Waals surface area contributed by atoms with E-state index < -0.39 is 0 Å². The predicted octanol–water partition coefficient (Wildman–Crippen LogP) is 6.20. The zero-order valence-electron chi connectivity index (χ0n) is 17.6. The lowest BCUT2D eigenvalue weighted by atomic mass is 10.0. The summed E-state index contributed by atoms with van der Waals surface area (Å²) in [4.78, 5) is 11.8. The van der Waals surface area contributed by atoms with Crippen molar-refractivity contribution in [3.8, 4) is 22.9 Å². The molecule has 1 heterocycles. The summed E-state index contributed by atoms with van der Waals surface area (Å²) < 4.78 is 11.8. The van der Waals surface area contributed by atoms with Gasteiger partial charge in [-0.1, -0.05) is 63.5 Å². The molecule has 2 atom stereocenters. The maximum atomic E-state index is 11.8. The fourth-order valence-corrected chi connectivity index (χ4v) is 3.70. The second-order valence-electron chi connectivity index (χ2n) is 7.82. The van der Waals surface area contributed by atoms with Gasteiger partial charge < -0.3 is 9.47 Å². The molecular formula is C26H29NO3. The lowest BCUT2D eigenvalue weighted by Crippen LogP contribution is -2.31. The fraction of sp³-hybridized carbons (Fsp3) is 0.385. The number of nitriles is 1. The van der Waals surface area contributed by atoms with Gasteiger partial charge in [-0.3, -0.25) is 0 Å². The molecule has 156 valence electrons. The summed E-state index contributed by atoms with van der Waals surface area (Å²) in [5.74, 6) is 0.454. The number of carbonyl (C=O) groups excluding carboxylic acids is 1. The van der Waals surface area contributed by atoms with Gasteiger partial charge in [0, 0.05) is 12.0 Å². The van der Waals surface area contributed by atoms with Crippen LogP contribution in [0.2, 0.25) is 0 Å². The van der Waals surface area contributed by atoms with Crippen LogP contribution in [0, 0.1) is 11.3 Å². The second-order valence-corrected chi connectivity index (χ2v) is 7.82. The van der Waals surface area contributed by atoms with Crippen molar-refractivity contribution in [2.45, 2.75) is 64.1 Å². The number of unbranched alkanes of at least 4 members (excludes halogenated alkanes) is 4. The molecule has 0 aromatic heterocycles. The summed E-state index contributed by atoms with van der Waals surface area (Å²) in [5.41, 5.74) is 3.28. The van der Waals surface area contributed by atoms with Crippen molar-refractivity contribution in [3.05, 3.63) is 66.2 Å². The highest BCUT2D eigenvalue weighted by atomic mass is 16.6. The number of benzene rings is 2. The van der Waals surface area contributed by atoms with E-state index in [0.717, 1.165) is 36.1 Å². The Kier molecular flexibility index (Phi) is 7.68. The number of carbonyl (C=O) groups is 1. The molecule has 2 aromatic rings. The number of cyclic esters (lactones) is 1. The lowest BCUT2D eigenvalue weighted by molar-refractivity contribution is -0.142. The van der Waals surface area contributed by atoms with Crippen LogP contribution in [0.1, 0.15) is 57.4 Å². The van der Waals surface area contributed by atoms with Gasteiger partial charge in [0.25, 0.3) is 0 Å². The van der Waals surface area contributed by atoms with Crippen molar-refractivity contribution < 1.29 is 14.3 Å². The third kappa shape index (κ3) is 5.73. The number of hydrogen-bond donors (Lipinski definition) is 0. The molecule has 0 N–H and O–H groups in total. The van der Waals surface area contributed by atoms with Gasteiger partial charge in [0.1, 0.15) is 18.0 Å². The zero-order valence-corrected chi connectivity index (χ0v) is 17.6. The molecule has 1 saturated heterocycles. The Morgan fingerprint density at radius 2 is 1.70 bits per heavy atom. The van der Waals surface area contributed by atoms with Crippen molar-refractivity contribution in [1.82, 2.24) is 0 Å². The van der Waals surface area contributed by atoms with E-state index in [9.17, 15) is 4.79 Å². The minimum atomic E-state index is -0.309. The largest absolute Gasteiger partial charge is 0.487 e. The van der Waals surface area contributed by atoms with E-state index in [1.165, 1.54) is 19.3 Å². The van der Waals surface area contributed by atoms with E-state index in [1.54, 1.807) is 0 Å². The Bertz CT molecular complexity index is 877. The van der Waals surface area contributed by atoms with Gasteiger partial charge in [0.15, 0.2) is 0 Å². The van der Waals surface area contributed by atoms with E-state index in [2.05, 4.69) is 19.6 Å². The normalized spacial score (nSPS) is 16.7. The van der Waals surface area contributed by atoms with Crippen LogP contribution in [0.15, 0.2) is 60.7 Å². The molecule has 1 aliphatic rings. The smallest absolute Gasteiger partial charge is 0.333 e. The SMILES string of the molecule is C=C1CC(C(CCCCCCC)Oc2ccc(-c3ccc(C#N)cc3)cc2)OC1=O. The van der Waals surface area contributed by atoms with Crippen LogP contribution in [0.25, 0.3) is 11.1 Å². The van der Waals surface area contributed by atoms with E-state index in [4.69, 9.17) is 14.7 Å². The molecule has 1 fully saturated rings. The first kappa shape index (κ1) is 21.6. The summed E-state index contributed by atoms with van der Waals surface area (Å²) in [5, 5.41) is 8.94. The van der Waals surface area contributed by atoms with Crippen molar-refractivity contribution in [2.24, 2.45) is 0 Å². The van der Waals surface area contributed by atoms with E-state index in [0.29, 0.717) is 17.6 Å². The lowest BCUT2D eigenvalue weighted by Gasteiger charge is -2.24. The predicted molar refractivity (Wildman–Crippen MR) is 118 cm³/mol. The molecule has 2 unspecified atom stereocenters. The molecule has 3 rings (SSSR count). The Balaban J connectivity index is 1.65. The molecule has 0 radical (unpaired) electrons. The zero-order chi connectivity index (χ0) is 21.3. The number of hydrogen-bond acceptors (Lipinski definition) is 4. The quantitative estimate of drug-likeness (QED) is 0.269. The Morgan fingerprint density at radius 1 is 1.07 bits per heavy atom. The summed E-state index contributed by atoms with van der Waals surface area (Å²) in [6.45, 7) is 6.01. The topological polar surface area (TPSA) is 59.3 Å². The molecule has 0 bridgehead atoms. The highest BCUT2D eigenvalue weighted by molar-refractivity contribution is 5.90.